The molecular weight excluding hydrogens is 254 g/mol. The van der Waals surface area contributed by atoms with Crippen LogP contribution >= 0.6 is 0 Å². The Labute approximate surface area is 124 Å². The van der Waals surface area contributed by atoms with Gasteiger partial charge in [-0.1, -0.05) is 39.0 Å². The number of nitrogens with one attached hydrogen (secondary N) is 1. The zero-order valence-corrected chi connectivity index (χ0v) is 13.4. The number of ether oxygens (including phenoxy) is 1. The summed E-state index contributed by atoms with van der Waals surface area (Å²) in [6.45, 7) is 6.25. The van der Waals surface area contributed by atoms with Crippen LogP contribution in [-0.4, -0.2) is 48.7 Å². The number of aliphatic hydroxyl groups excluding tert-OH is 2. The van der Waals surface area contributed by atoms with Gasteiger partial charge in [0.2, 0.25) is 0 Å². The van der Waals surface area contributed by atoms with Gasteiger partial charge in [-0.3, -0.25) is 0 Å². The van der Waals surface area contributed by atoms with Crippen molar-refractivity contribution in [2.45, 2.75) is 77.4 Å². The van der Waals surface area contributed by atoms with Crippen molar-refractivity contribution in [3.05, 3.63) is 0 Å². The van der Waals surface area contributed by atoms with Crippen LogP contribution < -0.4 is 5.32 Å². The highest BCUT2D eigenvalue weighted by Crippen LogP contribution is 2.05. The minimum absolute atomic E-state index is 0.232. The lowest BCUT2D eigenvalue weighted by atomic mass is 10.1. The molecule has 0 aromatic heterocycles. The summed E-state index contributed by atoms with van der Waals surface area (Å²) in [5, 5.41) is 21.7. The van der Waals surface area contributed by atoms with E-state index in [0.717, 1.165) is 25.9 Å². The predicted molar refractivity (Wildman–Crippen MR) is 84.0 cm³/mol. The molecule has 0 heterocycles. The Hall–Kier alpha value is -0.160. The Bertz CT molecular complexity index is 191. The maximum Gasteiger partial charge on any atom is 0.0897 e. The summed E-state index contributed by atoms with van der Waals surface area (Å²) in [4.78, 5) is 0. The molecule has 0 aliphatic rings. The third kappa shape index (κ3) is 14.3. The Morgan fingerprint density at radius 3 is 2.45 bits per heavy atom. The fourth-order valence-electron chi connectivity index (χ4n) is 2.10. The van der Waals surface area contributed by atoms with Crippen LogP contribution in [0.15, 0.2) is 0 Å². The fourth-order valence-corrected chi connectivity index (χ4v) is 2.10. The van der Waals surface area contributed by atoms with Crippen molar-refractivity contribution < 1.29 is 14.9 Å². The summed E-state index contributed by atoms with van der Waals surface area (Å²) in [6, 6.07) is 0.329. The highest BCUT2D eigenvalue weighted by molar-refractivity contribution is 4.65. The molecule has 0 bridgehead atoms. The predicted octanol–water partition coefficient (Wildman–Crippen LogP) is 2.48. The summed E-state index contributed by atoms with van der Waals surface area (Å²) >= 11 is 0. The van der Waals surface area contributed by atoms with Crippen LogP contribution in [0.2, 0.25) is 0 Å². The van der Waals surface area contributed by atoms with Crippen LogP contribution in [0.25, 0.3) is 0 Å². The first-order valence-electron chi connectivity index (χ1n) is 8.30. The minimum Gasteiger partial charge on any atom is -0.396 e. The maximum absolute atomic E-state index is 9.76. The maximum atomic E-state index is 9.76. The molecule has 0 saturated carbocycles. The Balaban J connectivity index is 3.25. The second kappa shape index (κ2) is 15.2. The van der Waals surface area contributed by atoms with Crippen molar-refractivity contribution in [2.24, 2.45) is 0 Å². The minimum atomic E-state index is -0.438. The first kappa shape index (κ1) is 19.8. The van der Waals surface area contributed by atoms with E-state index < -0.39 is 6.10 Å². The van der Waals surface area contributed by atoms with Crippen molar-refractivity contribution in [3.63, 3.8) is 0 Å². The Morgan fingerprint density at radius 1 is 1.05 bits per heavy atom. The second-order valence-corrected chi connectivity index (χ2v) is 5.67. The molecule has 0 saturated heterocycles. The molecule has 20 heavy (non-hydrogen) atoms. The van der Waals surface area contributed by atoms with Crippen LogP contribution in [0, 0.1) is 0 Å². The summed E-state index contributed by atoms with van der Waals surface area (Å²) in [7, 11) is 0. The molecule has 4 heteroatoms. The number of hydrogen-bond donors (Lipinski definition) is 3. The lowest BCUT2D eigenvalue weighted by Crippen LogP contribution is -2.36. The first-order valence-corrected chi connectivity index (χ1v) is 8.30. The molecule has 2 atom stereocenters. The van der Waals surface area contributed by atoms with Crippen LogP contribution in [0.4, 0.5) is 0 Å². The Kier molecular flexibility index (Phi) is 15.1. The van der Waals surface area contributed by atoms with Gasteiger partial charge in [-0.25, -0.2) is 0 Å². The van der Waals surface area contributed by atoms with Gasteiger partial charge in [0.05, 0.1) is 12.7 Å². The quantitative estimate of drug-likeness (QED) is 0.405. The SMILES string of the molecule is CCCCCCCCOCC(O)CNC(C)CCCO. The lowest BCUT2D eigenvalue weighted by molar-refractivity contribution is 0.0341. The molecule has 122 valence electrons. The van der Waals surface area contributed by atoms with E-state index in [1.807, 2.05) is 0 Å². The van der Waals surface area contributed by atoms with Crippen molar-refractivity contribution in [2.75, 3.05) is 26.4 Å². The van der Waals surface area contributed by atoms with Gasteiger partial charge < -0.3 is 20.3 Å². The van der Waals surface area contributed by atoms with Gasteiger partial charge in [0, 0.05) is 25.8 Å². The molecule has 0 aromatic rings. The van der Waals surface area contributed by atoms with E-state index in [1.54, 1.807) is 0 Å². The molecule has 0 rings (SSSR count). The van der Waals surface area contributed by atoms with E-state index >= 15 is 0 Å². The average Bonchev–Trinajstić information content (AvgIpc) is 2.45. The molecular formula is C16H35NO3. The van der Waals surface area contributed by atoms with Crippen LogP contribution in [0.5, 0.6) is 0 Å². The van der Waals surface area contributed by atoms with E-state index in [0.29, 0.717) is 19.2 Å². The summed E-state index contributed by atoms with van der Waals surface area (Å²) < 4.78 is 5.49. The highest BCUT2D eigenvalue weighted by Gasteiger charge is 2.07. The van der Waals surface area contributed by atoms with E-state index in [9.17, 15) is 5.11 Å². The van der Waals surface area contributed by atoms with Crippen molar-refractivity contribution in [1.82, 2.24) is 5.32 Å². The number of rotatable bonds is 15. The molecule has 0 aromatic carbocycles. The van der Waals surface area contributed by atoms with Crippen LogP contribution in [0.1, 0.15) is 65.2 Å². The monoisotopic (exact) mass is 289 g/mol. The third-order valence-electron chi connectivity index (χ3n) is 3.45. The number of aliphatic hydroxyl groups is 2. The van der Waals surface area contributed by atoms with Crippen LogP contribution in [0.3, 0.4) is 0 Å². The molecule has 2 unspecified atom stereocenters. The molecule has 0 fully saturated rings. The molecule has 0 radical (unpaired) electrons. The fraction of sp³-hybridized carbons (Fsp3) is 1.00. The largest absolute Gasteiger partial charge is 0.396 e. The van der Waals surface area contributed by atoms with Gasteiger partial charge in [-0.05, 0) is 26.2 Å². The van der Waals surface area contributed by atoms with Gasteiger partial charge in [-0.2, -0.15) is 0 Å². The van der Waals surface area contributed by atoms with Gasteiger partial charge in [-0.15, -0.1) is 0 Å². The van der Waals surface area contributed by atoms with E-state index in [-0.39, 0.29) is 6.61 Å². The van der Waals surface area contributed by atoms with E-state index in [1.165, 1.54) is 32.1 Å². The summed E-state index contributed by atoms with van der Waals surface area (Å²) in [5.74, 6) is 0. The molecule has 0 spiro atoms. The first-order chi connectivity index (χ1) is 9.70. The van der Waals surface area contributed by atoms with Gasteiger partial charge in [0.1, 0.15) is 0 Å². The topological polar surface area (TPSA) is 61.7 Å². The van der Waals surface area contributed by atoms with Crippen molar-refractivity contribution in [3.8, 4) is 0 Å². The normalized spacial score (nSPS) is 14.4. The molecule has 3 N–H and O–H groups in total. The Morgan fingerprint density at radius 2 is 1.75 bits per heavy atom. The lowest BCUT2D eigenvalue weighted by Gasteiger charge is -2.17. The van der Waals surface area contributed by atoms with Gasteiger partial charge >= 0.3 is 0 Å². The van der Waals surface area contributed by atoms with Gasteiger partial charge in [0.25, 0.3) is 0 Å². The smallest absolute Gasteiger partial charge is 0.0897 e. The third-order valence-corrected chi connectivity index (χ3v) is 3.45. The van der Waals surface area contributed by atoms with Crippen LogP contribution in [-0.2, 0) is 4.74 Å². The zero-order chi connectivity index (χ0) is 15.1. The molecule has 0 amide bonds. The summed E-state index contributed by atoms with van der Waals surface area (Å²) in [6.07, 6.45) is 8.86. The van der Waals surface area contributed by atoms with E-state index in [4.69, 9.17) is 9.84 Å². The summed E-state index contributed by atoms with van der Waals surface area (Å²) in [5.41, 5.74) is 0. The standard InChI is InChI=1S/C16H35NO3/c1-3-4-5-6-7-8-12-20-14-16(19)13-17-15(2)10-9-11-18/h15-19H,3-14H2,1-2H3. The highest BCUT2D eigenvalue weighted by atomic mass is 16.5. The number of unbranched alkanes of at least 4 members (excludes halogenated alkanes) is 5. The second-order valence-electron chi connectivity index (χ2n) is 5.67. The molecule has 0 aliphatic carbocycles. The van der Waals surface area contributed by atoms with Crippen molar-refractivity contribution in [1.29, 1.82) is 0 Å². The van der Waals surface area contributed by atoms with E-state index in [2.05, 4.69) is 19.2 Å². The zero-order valence-electron chi connectivity index (χ0n) is 13.4. The number of hydrogen-bond acceptors (Lipinski definition) is 4. The molecule has 0 aliphatic heterocycles. The average molecular weight is 289 g/mol. The van der Waals surface area contributed by atoms with Crippen molar-refractivity contribution >= 4 is 0 Å². The molecule has 4 nitrogen and oxygen atoms in total. The van der Waals surface area contributed by atoms with Gasteiger partial charge in [0.15, 0.2) is 0 Å².